The standard InChI is InChI=1S/C20H18FNO4S/c1-26-15-8-6-13(7-9-15)17-18(27-11-10-23)20(25)22(19(17)24)12-14-4-2-3-5-16(14)21/h2-9,23H,10-12H2,1H3. The van der Waals surface area contributed by atoms with E-state index in [2.05, 4.69) is 0 Å². The van der Waals surface area contributed by atoms with Gasteiger partial charge in [0, 0.05) is 11.3 Å². The first-order chi connectivity index (χ1) is 13.1. The van der Waals surface area contributed by atoms with E-state index in [0.717, 1.165) is 16.7 Å². The van der Waals surface area contributed by atoms with Gasteiger partial charge in [0.25, 0.3) is 11.8 Å². The molecule has 0 aliphatic carbocycles. The number of imide groups is 1. The van der Waals surface area contributed by atoms with E-state index in [1.807, 2.05) is 0 Å². The van der Waals surface area contributed by atoms with Crippen LogP contribution in [-0.4, -0.2) is 41.3 Å². The molecule has 0 spiro atoms. The number of ether oxygens (including phenoxy) is 1. The Morgan fingerprint density at radius 1 is 1.07 bits per heavy atom. The van der Waals surface area contributed by atoms with Crippen LogP contribution in [0.15, 0.2) is 53.4 Å². The summed E-state index contributed by atoms with van der Waals surface area (Å²) in [6.07, 6.45) is 0. The quantitative estimate of drug-likeness (QED) is 0.740. The van der Waals surface area contributed by atoms with Gasteiger partial charge < -0.3 is 9.84 Å². The van der Waals surface area contributed by atoms with Gasteiger partial charge in [-0.1, -0.05) is 30.3 Å². The third-order valence-electron chi connectivity index (χ3n) is 4.13. The minimum Gasteiger partial charge on any atom is -0.497 e. The van der Waals surface area contributed by atoms with Crippen LogP contribution in [-0.2, 0) is 16.1 Å². The van der Waals surface area contributed by atoms with Crippen molar-refractivity contribution in [1.29, 1.82) is 0 Å². The molecule has 1 aliphatic rings. The maximum absolute atomic E-state index is 14.0. The van der Waals surface area contributed by atoms with Gasteiger partial charge in [0.2, 0.25) is 0 Å². The van der Waals surface area contributed by atoms with Gasteiger partial charge >= 0.3 is 0 Å². The average molecular weight is 387 g/mol. The van der Waals surface area contributed by atoms with Crippen molar-refractivity contribution >= 4 is 29.1 Å². The molecule has 0 atom stereocenters. The molecule has 0 unspecified atom stereocenters. The molecule has 7 heteroatoms. The molecule has 2 amide bonds. The van der Waals surface area contributed by atoms with Gasteiger partial charge in [-0.25, -0.2) is 4.39 Å². The molecular weight excluding hydrogens is 369 g/mol. The Labute approximate surface area is 160 Å². The predicted octanol–water partition coefficient (Wildman–Crippen LogP) is 2.84. The van der Waals surface area contributed by atoms with E-state index in [-0.39, 0.29) is 34.9 Å². The highest BCUT2D eigenvalue weighted by Crippen LogP contribution is 2.37. The molecule has 1 N–H and O–H groups in total. The summed E-state index contributed by atoms with van der Waals surface area (Å²) in [6, 6.07) is 12.8. The van der Waals surface area contributed by atoms with E-state index in [4.69, 9.17) is 9.84 Å². The number of thioether (sulfide) groups is 1. The number of benzene rings is 2. The molecule has 0 saturated carbocycles. The van der Waals surface area contributed by atoms with E-state index >= 15 is 0 Å². The van der Waals surface area contributed by atoms with Crippen LogP contribution in [0.3, 0.4) is 0 Å². The second kappa shape index (κ2) is 8.37. The topological polar surface area (TPSA) is 66.8 Å². The number of amides is 2. The van der Waals surface area contributed by atoms with Crippen LogP contribution in [0.2, 0.25) is 0 Å². The second-order valence-electron chi connectivity index (χ2n) is 5.79. The number of carbonyl (C=O) groups is 2. The SMILES string of the molecule is COc1ccc(C2=C(SCCO)C(=O)N(Cc3ccccc3F)C2=O)cc1. The number of nitrogens with zero attached hydrogens (tertiary/aromatic N) is 1. The van der Waals surface area contributed by atoms with Crippen LogP contribution in [0.4, 0.5) is 4.39 Å². The van der Waals surface area contributed by atoms with Gasteiger partial charge in [0.15, 0.2) is 0 Å². The largest absolute Gasteiger partial charge is 0.497 e. The molecule has 1 heterocycles. The Balaban J connectivity index is 1.96. The third-order valence-corrected chi connectivity index (χ3v) is 5.18. The highest BCUT2D eigenvalue weighted by atomic mass is 32.2. The lowest BCUT2D eigenvalue weighted by atomic mass is 10.1. The Kier molecular flexibility index (Phi) is 5.93. The van der Waals surface area contributed by atoms with Gasteiger partial charge in [-0.2, -0.15) is 0 Å². The summed E-state index contributed by atoms with van der Waals surface area (Å²) < 4.78 is 19.1. The van der Waals surface area contributed by atoms with Gasteiger partial charge in [0.05, 0.1) is 30.7 Å². The van der Waals surface area contributed by atoms with E-state index < -0.39 is 17.6 Å². The molecule has 0 saturated heterocycles. The molecule has 2 aromatic rings. The van der Waals surface area contributed by atoms with Crippen LogP contribution >= 0.6 is 11.8 Å². The number of rotatable bonds is 7. The molecule has 2 aromatic carbocycles. The number of aliphatic hydroxyl groups excluding tert-OH is 1. The minimum absolute atomic E-state index is 0.126. The highest BCUT2D eigenvalue weighted by molar-refractivity contribution is 8.04. The summed E-state index contributed by atoms with van der Waals surface area (Å²) in [5, 5.41) is 9.12. The Morgan fingerprint density at radius 2 is 1.78 bits per heavy atom. The van der Waals surface area contributed by atoms with Crippen molar-refractivity contribution in [3.8, 4) is 5.75 Å². The zero-order chi connectivity index (χ0) is 19.4. The van der Waals surface area contributed by atoms with Gasteiger partial charge in [-0.15, -0.1) is 11.8 Å². The lowest BCUT2D eigenvalue weighted by molar-refractivity contribution is -0.137. The van der Waals surface area contributed by atoms with Crippen molar-refractivity contribution in [3.05, 3.63) is 70.4 Å². The number of halogens is 1. The number of hydrogen-bond acceptors (Lipinski definition) is 5. The molecule has 5 nitrogen and oxygen atoms in total. The average Bonchev–Trinajstić information content (AvgIpc) is 2.92. The molecule has 0 bridgehead atoms. The van der Waals surface area contributed by atoms with Crippen molar-refractivity contribution < 1.29 is 23.8 Å². The van der Waals surface area contributed by atoms with E-state index in [9.17, 15) is 14.0 Å². The van der Waals surface area contributed by atoms with Crippen LogP contribution < -0.4 is 4.74 Å². The van der Waals surface area contributed by atoms with Crippen molar-refractivity contribution in [3.63, 3.8) is 0 Å². The van der Waals surface area contributed by atoms with E-state index in [1.54, 1.807) is 42.5 Å². The van der Waals surface area contributed by atoms with Crippen molar-refractivity contribution in [2.24, 2.45) is 0 Å². The Hall–Kier alpha value is -2.64. The third kappa shape index (κ3) is 3.89. The molecule has 3 rings (SSSR count). The lowest BCUT2D eigenvalue weighted by Gasteiger charge is -2.15. The summed E-state index contributed by atoms with van der Waals surface area (Å²) in [6.45, 7) is -0.272. The predicted molar refractivity (Wildman–Crippen MR) is 101 cm³/mol. The second-order valence-corrected chi connectivity index (χ2v) is 6.90. The fourth-order valence-corrected chi connectivity index (χ4v) is 3.67. The van der Waals surface area contributed by atoms with Crippen molar-refractivity contribution in [2.45, 2.75) is 6.54 Å². The zero-order valence-corrected chi connectivity index (χ0v) is 15.5. The molecule has 0 fully saturated rings. The Morgan fingerprint density at radius 3 is 2.41 bits per heavy atom. The summed E-state index contributed by atoms with van der Waals surface area (Å²) in [5.74, 6) is -0.521. The van der Waals surface area contributed by atoms with Gasteiger partial charge in [-0.05, 0) is 23.8 Å². The first kappa shape index (κ1) is 19.1. The number of methoxy groups -OCH3 is 1. The van der Waals surface area contributed by atoms with Gasteiger partial charge in [-0.3, -0.25) is 14.5 Å². The summed E-state index contributed by atoms with van der Waals surface area (Å²) >= 11 is 1.12. The van der Waals surface area contributed by atoms with Crippen LogP contribution in [0.1, 0.15) is 11.1 Å². The Bertz CT molecular complexity index is 895. The molecule has 27 heavy (non-hydrogen) atoms. The lowest BCUT2D eigenvalue weighted by Crippen LogP contribution is -2.31. The fourth-order valence-electron chi connectivity index (χ4n) is 2.79. The number of carbonyl (C=O) groups excluding carboxylic acids is 2. The molecule has 1 aliphatic heterocycles. The first-order valence-electron chi connectivity index (χ1n) is 8.28. The van der Waals surface area contributed by atoms with Crippen LogP contribution in [0.25, 0.3) is 5.57 Å². The summed E-state index contributed by atoms with van der Waals surface area (Å²) in [4.78, 5) is 27.1. The molecule has 0 aromatic heterocycles. The highest BCUT2D eigenvalue weighted by Gasteiger charge is 2.39. The van der Waals surface area contributed by atoms with Gasteiger partial charge in [0.1, 0.15) is 11.6 Å². The minimum atomic E-state index is -0.479. The summed E-state index contributed by atoms with van der Waals surface area (Å²) in [5.41, 5.74) is 1.10. The van der Waals surface area contributed by atoms with Crippen molar-refractivity contribution in [2.75, 3.05) is 19.5 Å². The van der Waals surface area contributed by atoms with Crippen LogP contribution in [0.5, 0.6) is 5.75 Å². The number of hydrogen-bond donors (Lipinski definition) is 1. The molecular formula is C20H18FNO4S. The van der Waals surface area contributed by atoms with E-state index in [0.29, 0.717) is 11.3 Å². The molecule has 0 radical (unpaired) electrons. The first-order valence-corrected chi connectivity index (χ1v) is 9.27. The smallest absolute Gasteiger partial charge is 0.268 e. The zero-order valence-electron chi connectivity index (χ0n) is 14.6. The maximum atomic E-state index is 14.0. The summed E-state index contributed by atoms with van der Waals surface area (Å²) in [7, 11) is 1.54. The maximum Gasteiger partial charge on any atom is 0.268 e. The van der Waals surface area contributed by atoms with Crippen LogP contribution in [0, 0.1) is 5.82 Å². The monoisotopic (exact) mass is 387 g/mol. The number of aliphatic hydroxyl groups is 1. The van der Waals surface area contributed by atoms with E-state index in [1.165, 1.54) is 13.2 Å². The normalized spacial score (nSPS) is 14.3. The van der Waals surface area contributed by atoms with Crippen molar-refractivity contribution in [1.82, 2.24) is 4.90 Å². The fraction of sp³-hybridized carbons (Fsp3) is 0.200. The molecule has 140 valence electrons.